The van der Waals surface area contributed by atoms with Crippen LogP contribution in [0.5, 0.6) is 0 Å². The van der Waals surface area contributed by atoms with Crippen molar-refractivity contribution < 1.29 is 13.9 Å². The van der Waals surface area contributed by atoms with Crippen molar-refractivity contribution in [3.8, 4) is 0 Å². The van der Waals surface area contributed by atoms with Gasteiger partial charge in [-0.15, -0.1) is 0 Å². The van der Waals surface area contributed by atoms with Crippen LogP contribution in [0.25, 0.3) is 0 Å². The maximum atomic E-state index is 12.5. The molecule has 54 valence electrons. The fourth-order valence-corrected chi connectivity index (χ4v) is 0.609. The number of carbonyl (C=O) groups excluding carboxylic acids is 1. The fraction of sp³-hybridized carbons (Fsp3) is 0.167. The molecule has 0 bridgehead atoms. The van der Waals surface area contributed by atoms with Crippen molar-refractivity contribution in [3.63, 3.8) is 0 Å². The summed E-state index contributed by atoms with van der Waals surface area (Å²) in [6.45, 7) is 0. The summed E-state index contributed by atoms with van der Waals surface area (Å²) in [7, 11) is 1.20. The minimum absolute atomic E-state index is 0.137. The van der Waals surface area contributed by atoms with Gasteiger partial charge in [0, 0.05) is 6.20 Å². The quantitative estimate of drug-likeness (QED) is 0.594. The number of aromatic amines is 1. The first-order chi connectivity index (χ1) is 4.75. The maximum absolute atomic E-state index is 12.5. The van der Waals surface area contributed by atoms with Crippen LogP contribution in [0.4, 0.5) is 4.39 Å². The van der Waals surface area contributed by atoms with E-state index in [2.05, 4.69) is 9.72 Å². The first-order valence-electron chi connectivity index (χ1n) is 2.67. The highest BCUT2D eigenvalue weighted by Crippen LogP contribution is 2.03. The van der Waals surface area contributed by atoms with E-state index >= 15 is 0 Å². The van der Waals surface area contributed by atoms with E-state index in [0.717, 1.165) is 6.07 Å². The lowest BCUT2D eigenvalue weighted by molar-refractivity contribution is 0.0589. The molecule has 1 aromatic heterocycles. The Labute approximate surface area is 56.8 Å². The van der Waals surface area contributed by atoms with Crippen LogP contribution in [-0.2, 0) is 4.74 Å². The van der Waals surface area contributed by atoms with Gasteiger partial charge in [0.15, 0.2) is 11.5 Å². The summed E-state index contributed by atoms with van der Waals surface area (Å²) < 4.78 is 16.7. The van der Waals surface area contributed by atoms with E-state index in [1.165, 1.54) is 13.3 Å². The van der Waals surface area contributed by atoms with Crippen LogP contribution in [0.2, 0.25) is 0 Å². The summed E-state index contributed by atoms with van der Waals surface area (Å²) in [5.74, 6) is -1.28. The molecule has 1 heterocycles. The number of hydrogen-bond donors (Lipinski definition) is 1. The molecule has 0 saturated carbocycles. The molecule has 0 aliphatic carbocycles. The van der Waals surface area contributed by atoms with E-state index in [-0.39, 0.29) is 5.69 Å². The van der Waals surface area contributed by atoms with Crippen LogP contribution < -0.4 is 0 Å². The molecule has 0 atom stereocenters. The molecular weight excluding hydrogens is 137 g/mol. The number of H-pyrrole nitrogens is 1. The Kier molecular flexibility index (Phi) is 1.71. The number of aromatic nitrogens is 1. The van der Waals surface area contributed by atoms with Gasteiger partial charge in [0.25, 0.3) is 0 Å². The van der Waals surface area contributed by atoms with Crippen molar-refractivity contribution in [2.45, 2.75) is 0 Å². The van der Waals surface area contributed by atoms with Crippen LogP contribution in [0, 0.1) is 5.82 Å². The smallest absolute Gasteiger partial charge is 0.357 e. The van der Waals surface area contributed by atoms with E-state index in [9.17, 15) is 9.18 Å². The van der Waals surface area contributed by atoms with Crippen molar-refractivity contribution >= 4 is 5.97 Å². The highest BCUT2D eigenvalue weighted by atomic mass is 19.1. The number of ether oxygens (including phenoxy) is 1. The standard InChI is InChI=1S/C6H6FNO2/c1-10-6(9)5-4(7)2-3-8-5/h2-3,8H,1H3. The summed E-state index contributed by atoms with van der Waals surface area (Å²) in [5.41, 5.74) is -0.137. The van der Waals surface area contributed by atoms with Crippen LogP contribution in [0.1, 0.15) is 10.5 Å². The normalized spacial score (nSPS) is 9.40. The van der Waals surface area contributed by atoms with Gasteiger partial charge < -0.3 is 9.72 Å². The molecule has 1 aromatic rings. The average molecular weight is 143 g/mol. The van der Waals surface area contributed by atoms with Crippen molar-refractivity contribution in [1.82, 2.24) is 4.98 Å². The Morgan fingerprint density at radius 2 is 2.50 bits per heavy atom. The third kappa shape index (κ3) is 1.00. The van der Waals surface area contributed by atoms with Gasteiger partial charge in [-0.05, 0) is 6.07 Å². The van der Waals surface area contributed by atoms with Gasteiger partial charge in [0.05, 0.1) is 7.11 Å². The van der Waals surface area contributed by atoms with Gasteiger partial charge >= 0.3 is 5.97 Å². The summed E-state index contributed by atoms with van der Waals surface area (Å²) in [5, 5.41) is 0. The number of carbonyl (C=O) groups is 1. The largest absolute Gasteiger partial charge is 0.464 e. The lowest BCUT2D eigenvalue weighted by Crippen LogP contribution is -2.03. The number of hydrogen-bond acceptors (Lipinski definition) is 2. The van der Waals surface area contributed by atoms with Crippen molar-refractivity contribution in [1.29, 1.82) is 0 Å². The molecule has 10 heavy (non-hydrogen) atoms. The fourth-order valence-electron chi connectivity index (χ4n) is 0.609. The van der Waals surface area contributed by atoms with E-state index in [0.29, 0.717) is 0 Å². The molecule has 1 N–H and O–H groups in total. The van der Waals surface area contributed by atoms with Crippen LogP contribution in [0.15, 0.2) is 12.3 Å². The minimum Gasteiger partial charge on any atom is -0.464 e. The number of methoxy groups -OCH3 is 1. The zero-order valence-corrected chi connectivity index (χ0v) is 5.35. The number of nitrogens with one attached hydrogen (secondary N) is 1. The Bertz CT molecular complexity index is 244. The third-order valence-corrected chi connectivity index (χ3v) is 1.09. The molecule has 0 aliphatic heterocycles. The van der Waals surface area contributed by atoms with Gasteiger partial charge in [-0.2, -0.15) is 0 Å². The highest BCUT2D eigenvalue weighted by Gasteiger charge is 2.11. The number of rotatable bonds is 1. The van der Waals surface area contributed by atoms with Crippen LogP contribution in [-0.4, -0.2) is 18.1 Å². The summed E-state index contributed by atoms with van der Waals surface area (Å²) in [4.78, 5) is 13.0. The molecule has 0 amide bonds. The van der Waals surface area contributed by atoms with E-state index < -0.39 is 11.8 Å². The molecule has 0 fully saturated rings. The molecule has 0 radical (unpaired) electrons. The lowest BCUT2D eigenvalue weighted by Gasteiger charge is -1.93. The van der Waals surface area contributed by atoms with Gasteiger partial charge in [-0.3, -0.25) is 0 Å². The van der Waals surface area contributed by atoms with E-state index in [4.69, 9.17) is 0 Å². The second-order valence-electron chi connectivity index (χ2n) is 1.69. The van der Waals surface area contributed by atoms with Gasteiger partial charge in [0.2, 0.25) is 0 Å². The Hall–Kier alpha value is -1.32. The van der Waals surface area contributed by atoms with Crippen LogP contribution >= 0.6 is 0 Å². The van der Waals surface area contributed by atoms with Crippen LogP contribution in [0.3, 0.4) is 0 Å². The summed E-state index contributed by atoms with van der Waals surface area (Å²) in [6, 6.07) is 1.16. The predicted molar refractivity (Wildman–Crippen MR) is 32.1 cm³/mol. The van der Waals surface area contributed by atoms with Crippen molar-refractivity contribution in [2.75, 3.05) is 7.11 Å². The monoisotopic (exact) mass is 143 g/mol. The maximum Gasteiger partial charge on any atom is 0.357 e. The first-order valence-corrected chi connectivity index (χ1v) is 2.67. The molecule has 3 nitrogen and oxygen atoms in total. The predicted octanol–water partition coefficient (Wildman–Crippen LogP) is 0.940. The second-order valence-corrected chi connectivity index (χ2v) is 1.69. The van der Waals surface area contributed by atoms with Crippen molar-refractivity contribution in [3.05, 3.63) is 23.8 Å². The molecule has 4 heteroatoms. The molecular formula is C6H6FNO2. The Morgan fingerprint density at radius 3 is 2.90 bits per heavy atom. The van der Waals surface area contributed by atoms with Gasteiger partial charge in [-0.25, -0.2) is 9.18 Å². The van der Waals surface area contributed by atoms with Crippen molar-refractivity contribution in [2.24, 2.45) is 0 Å². The number of esters is 1. The SMILES string of the molecule is COC(=O)c1[nH]ccc1F. The lowest BCUT2D eigenvalue weighted by atomic mass is 10.4. The molecule has 0 unspecified atom stereocenters. The zero-order valence-electron chi connectivity index (χ0n) is 5.35. The van der Waals surface area contributed by atoms with Gasteiger partial charge in [0.1, 0.15) is 0 Å². The minimum atomic E-state index is -0.692. The van der Waals surface area contributed by atoms with E-state index in [1.807, 2.05) is 0 Å². The summed E-state index contributed by atoms with van der Waals surface area (Å²) >= 11 is 0. The molecule has 1 rings (SSSR count). The molecule has 0 spiro atoms. The summed E-state index contributed by atoms with van der Waals surface area (Å²) in [6.07, 6.45) is 1.33. The highest BCUT2D eigenvalue weighted by molar-refractivity contribution is 5.87. The Morgan fingerprint density at radius 1 is 1.80 bits per heavy atom. The molecule has 0 saturated heterocycles. The average Bonchev–Trinajstić information content (AvgIpc) is 2.34. The third-order valence-electron chi connectivity index (χ3n) is 1.09. The second kappa shape index (κ2) is 2.51. The molecule has 0 aliphatic rings. The number of halogens is 1. The molecule has 0 aromatic carbocycles. The Balaban J connectivity index is 2.93. The zero-order chi connectivity index (χ0) is 7.56. The topological polar surface area (TPSA) is 42.1 Å². The van der Waals surface area contributed by atoms with Gasteiger partial charge in [-0.1, -0.05) is 0 Å². The van der Waals surface area contributed by atoms with E-state index in [1.54, 1.807) is 0 Å². The first kappa shape index (κ1) is 6.80.